The standard InChI is InChI=1S/C23H27N3O4/c1-13-15-10-11-26(21(15)25-12-24-13)22-19(28)23(2,29)20(30-22)18(27)17-9-5-7-14-6-3-4-8-16(14)17/h5,7,9-12,18-20,22,27-29H,3-4,6,8H2,1-2H3/t18-,19+,20-,22-,23+/m1/s1. The number of aliphatic hydroxyl groups is 3. The van der Waals surface area contributed by atoms with Crippen molar-refractivity contribution in [2.45, 2.75) is 69.7 Å². The summed E-state index contributed by atoms with van der Waals surface area (Å²) in [4.78, 5) is 8.53. The van der Waals surface area contributed by atoms with E-state index in [4.69, 9.17) is 4.74 Å². The highest BCUT2D eigenvalue weighted by atomic mass is 16.6. The summed E-state index contributed by atoms with van der Waals surface area (Å²) >= 11 is 0. The number of nitrogens with zero attached hydrogens (tertiary/aromatic N) is 3. The number of aryl methyl sites for hydroxylation is 2. The quantitative estimate of drug-likeness (QED) is 0.614. The van der Waals surface area contributed by atoms with Gasteiger partial charge in [0, 0.05) is 11.6 Å². The van der Waals surface area contributed by atoms with Gasteiger partial charge < -0.3 is 24.6 Å². The largest absolute Gasteiger partial charge is 0.386 e. The van der Waals surface area contributed by atoms with Gasteiger partial charge in [-0.05, 0) is 62.3 Å². The Bertz CT molecular complexity index is 1090. The summed E-state index contributed by atoms with van der Waals surface area (Å²) in [7, 11) is 0. The fourth-order valence-electron chi connectivity index (χ4n) is 4.98. The first-order chi connectivity index (χ1) is 14.4. The molecular formula is C23H27N3O4. The van der Waals surface area contributed by atoms with Gasteiger partial charge in [-0.3, -0.25) is 0 Å². The lowest BCUT2D eigenvalue weighted by Crippen LogP contribution is -2.47. The maximum absolute atomic E-state index is 11.3. The minimum atomic E-state index is -1.64. The number of aliphatic hydroxyl groups excluding tert-OH is 2. The van der Waals surface area contributed by atoms with Gasteiger partial charge in [-0.2, -0.15) is 0 Å². The molecule has 5 atom stereocenters. The molecule has 3 N–H and O–H groups in total. The van der Waals surface area contributed by atoms with Crippen molar-refractivity contribution in [1.82, 2.24) is 14.5 Å². The van der Waals surface area contributed by atoms with Crippen LogP contribution in [0.1, 0.15) is 54.5 Å². The van der Waals surface area contributed by atoms with Gasteiger partial charge in [0.2, 0.25) is 0 Å². The molecule has 0 bridgehead atoms. The number of fused-ring (bicyclic) bond motifs is 2. The Labute approximate surface area is 175 Å². The zero-order valence-electron chi connectivity index (χ0n) is 17.2. The van der Waals surface area contributed by atoms with Gasteiger partial charge in [-0.15, -0.1) is 0 Å². The lowest BCUT2D eigenvalue weighted by molar-refractivity contribution is -0.115. The second-order valence-electron chi connectivity index (χ2n) is 8.67. The van der Waals surface area contributed by atoms with E-state index in [9.17, 15) is 15.3 Å². The third-order valence-electron chi connectivity index (χ3n) is 6.75. The highest BCUT2D eigenvalue weighted by molar-refractivity contribution is 5.78. The summed E-state index contributed by atoms with van der Waals surface area (Å²) in [6.07, 6.45) is 3.24. The molecule has 0 radical (unpaired) electrons. The van der Waals surface area contributed by atoms with Gasteiger partial charge in [-0.25, -0.2) is 9.97 Å². The van der Waals surface area contributed by atoms with E-state index >= 15 is 0 Å². The molecule has 3 aromatic rings. The van der Waals surface area contributed by atoms with E-state index in [2.05, 4.69) is 16.0 Å². The van der Waals surface area contributed by atoms with Crippen molar-refractivity contribution in [2.24, 2.45) is 0 Å². The maximum atomic E-state index is 11.3. The highest BCUT2D eigenvalue weighted by Crippen LogP contribution is 2.44. The molecule has 1 aromatic carbocycles. The minimum absolute atomic E-state index is 0.620. The maximum Gasteiger partial charge on any atom is 0.164 e. The third kappa shape index (κ3) is 2.88. The Balaban J connectivity index is 1.52. The first kappa shape index (κ1) is 19.6. The van der Waals surface area contributed by atoms with Crippen molar-refractivity contribution in [3.05, 3.63) is 59.2 Å². The van der Waals surface area contributed by atoms with Crippen molar-refractivity contribution in [2.75, 3.05) is 0 Å². The van der Waals surface area contributed by atoms with Crippen LogP contribution in [-0.2, 0) is 17.6 Å². The molecular weight excluding hydrogens is 382 g/mol. The van der Waals surface area contributed by atoms with Crippen molar-refractivity contribution in [1.29, 1.82) is 0 Å². The van der Waals surface area contributed by atoms with Gasteiger partial charge in [0.25, 0.3) is 0 Å². The fourth-order valence-corrected chi connectivity index (χ4v) is 4.98. The first-order valence-corrected chi connectivity index (χ1v) is 10.5. The monoisotopic (exact) mass is 409 g/mol. The zero-order chi connectivity index (χ0) is 21.0. The van der Waals surface area contributed by atoms with Crippen LogP contribution in [-0.4, -0.2) is 47.7 Å². The molecule has 1 aliphatic carbocycles. The number of benzene rings is 1. The van der Waals surface area contributed by atoms with E-state index in [1.54, 1.807) is 10.8 Å². The predicted octanol–water partition coefficient (Wildman–Crippen LogP) is 2.36. The van der Waals surface area contributed by atoms with Crippen LogP contribution in [0.4, 0.5) is 0 Å². The second-order valence-corrected chi connectivity index (χ2v) is 8.67. The van der Waals surface area contributed by atoms with E-state index < -0.39 is 30.1 Å². The van der Waals surface area contributed by atoms with E-state index in [0.717, 1.165) is 47.9 Å². The molecule has 1 aliphatic heterocycles. The van der Waals surface area contributed by atoms with Gasteiger partial charge in [0.15, 0.2) is 6.23 Å². The second kappa shape index (κ2) is 7.13. The number of ether oxygens (including phenoxy) is 1. The number of hydrogen-bond acceptors (Lipinski definition) is 6. The molecule has 0 amide bonds. The SMILES string of the molecule is Cc1ncnc2c1ccn2[C@@H]1O[C@H]([C@H](O)c2cccc3c2CCCC3)[C@@](C)(O)[C@H]1O. The van der Waals surface area contributed by atoms with E-state index in [0.29, 0.717) is 5.65 Å². The molecule has 7 nitrogen and oxygen atoms in total. The summed E-state index contributed by atoms with van der Waals surface area (Å²) in [5, 5.41) is 34.3. The predicted molar refractivity (Wildman–Crippen MR) is 111 cm³/mol. The first-order valence-electron chi connectivity index (χ1n) is 10.5. The van der Waals surface area contributed by atoms with E-state index in [-0.39, 0.29) is 0 Å². The zero-order valence-corrected chi connectivity index (χ0v) is 17.2. The molecule has 5 rings (SSSR count). The summed E-state index contributed by atoms with van der Waals surface area (Å²) in [5.74, 6) is 0. The lowest BCUT2D eigenvalue weighted by Gasteiger charge is -2.31. The fraction of sp³-hybridized carbons (Fsp3) is 0.478. The molecule has 30 heavy (non-hydrogen) atoms. The molecule has 2 aromatic heterocycles. The number of rotatable bonds is 3. The molecule has 0 unspecified atom stereocenters. The Kier molecular flexibility index (Phi) is 4.67. The Morgan fingerprint density at radius 1 is 1.20 bits per heavy atom. The van der Waals surface area contributed by atoms with Crippen molar-refractivity contribution in [3.8, 4) is 0 Å². The lowest BCUT2D eigenvalue weighted by atomic mass is 9.82. The van der Waals surface area contributed by atoms with Gasteiger partial charge in [-0.1, -0.05) is 18.2 Å². The molecule has 0 spiro atoms. The van der Waals surface area contributed by atoms with E-state index in [1.165, 1.54) is 18.8 Å². The van der Waals surface area contributed by atoms with Crippen LogP contribution in [0, 0.1) is 6.92 Å². The molecule has 0 saturated carbocycles. The smallest absolute Gasteiger partial charge is 0.164 e. The van der Waals surface area contributed by atoms with Crippen LogP contribution in [0.2, 0.25) is 0 Å². The van der Waals surface area contributed by atoms with Crippen molar-refractivity contribution < 1.29 is 20.1 Å². The molecule has 1 fully saturated rings. The van der Waals surface area contributed by atoms with Crippen molar-refractivity contribution in [3.63, 3.8) is 0 Å². The molecule has 1 saturated heterocycles. The summed E-state index contributed by atoms with van der Waals surface area (Å²) in [6.45, 7) is 3.41. The molecule has 2 aliphatic rings. The van der Waals surface area contributed by atoms with Crippen LogP contribution < -0.4 is 0 Å². The van der Waals surface area contributed by atoms with Gasteiger partial charge >= 0.3 is 0 Å². The van der Waals surface area contributed by atoms with Crippen LogP contribution in [0.25, 0.3) is 11.0 Å². The van der Waals surface area contributed by atoms with Crippen LogP contribution in [0.15, 0.2) is 36.8 Å². The van der Waals surface area contributed by atoms with Gasteiger partial charge in [0.05, 0.1) is 5.69 Å². The normalized spacial score (nSPS) is 29.8. The van der Waals surface area contributed by atoms with Crippen LogP contribution >= 0.6 is 0 Å². The van der Waals surface area contributed by atoms with Crippen LogP contribution in [0.5, 0.6) is 0 Å². The van der Waals surface area contributed by atoms with E-state index in [1.807, 2.05) is 25.1 Å². The number of hydrogen-bond donors (Lipinski definition) is 3. The minimum Gasteiger partial charge on any atom is -0.386 e. The summed E-state index contributed by atoms with van der Waals surface area (Å²) < 4.78 is 7.85. The Hall–Kier alpha value is -2.32. The number of aromatic nitrogens is 3. The third-order valence-corrected chi connectivity index (χ3v) is 6.75. The van der Waals surface area contributed by atoms with Gasteiger partial charge in [0.1, 0.15) is 35.9 Å². The highest BCUT2D eigenvalue weighted by Gasteiger charge is 2.56. The van der Waals surface area contributed by atoms with Crippen LogP contribution in [0.3, 0.4) is 0 Å². The topological polar surface area (TPSA) is 101 Å². The van der Waals surface area contributed by atoms with Crippen molar-refractivity contribution >= 4 is 11.0 Å². The molecule has 158 valence electrons. The summed E-state index contributed by atoms with van der Waals surface area (Å²) in [6, 6.07) is 7.81. The Morgan fingerprint density at radius 3 is 2.83 bits per heavy atom. The average Bonchev–Trinajstić information content (AvgIpc) is 3.27. The molecule has 3 heterocycles. The Morgan fingerprint density at radius 2 is 2.00 bits per heavy atom. The summed E-state index contributed by atoms with van der Waals surface area (Å²) in [5.41, 5.74) is 2.97. The average molecular weight is 409 g/mol. The molecule has 7 heteroatoms.